The third-order valence-electron chi connectivity index (χ3n) is 12.4. The van der Waals surface area contributed by atoms with Gasteiger partial charge in [0.2, 0.25) is 11.8 Å². The SMILES string of the molecule is C[C@@H]1CN(c2ccc(C#N)c(Cl)c2)[C@@H](C)CN1C(=O)Nc1ccc(N2CCC(CN3CCN(c4ccc5c(c4)CN([C@H]4CCC(=O)NC4=O)C5=O)CC3)CC2)nc1. The lowest BCUT2D eigenvalue weighted by Gasteiger charge is -2.45. The van der Waals surface area contributed by atoms with E-state index >= 15 is 0 Å². The van der Waals surface area contributed by atoms with Crippen molar-refractivity contribution in [3.05, 3.63) is 76.4 Å². The van der Waals surface area contributed by atoms with Gasteiger partial charge in [-0.15, -0.1) is 0 Å². The number of carbonyl (C=O) groups is 4. The Bertz CT molecular complexity index is 2080. The van der Waals surface area contributed by atoms with Crippen LogP contribution in [0.3, 0.4) is 0 Å². The quantitative estimate of drug-likeness (QED) is 0.327. The monoisotopic (exact) mass is 792 g/mol. The van der Waals surface area contributed by atoms with Crippen molar-refractivity contribution < 1.29 is 19.2 Å². The molecular formula is C42H49ClN10O4. The molecular weight excluding hydrogens is 744 g/mol. The van der Waals surface area contributed by atoms with Crippen molar-refractivity contribution in [3.63, 3.8) is 0 Å². The molecule has 3 atom stereocenters. The second kappa shape index (κ2) is 16.2. The minimum absolute atomic E-state index is 0.0348. The zero-order chi connectivity index (χ0) is 39.8. The van der Waals surface area contributed by atoms with Crippen molar-refractivity contribution in [3.8, 4) is 6.07 Å². The number of anilines is 4. The van der Waals surface area contributed by atoms with Gasteiger partial charge < -0.3 is 29.8 Å². The van der Waals surface area contributed by atoms with E-state index in [0.717, 1.165) is 81.4 Å². The Balaban J connectivity index is 0.769. The van der Waals surface area contributed by atoms with Crippen molar-refractivity contribution in [1.29, 1.82) is 5.26 Å². The van der Waals surface area contributed by atoms with E-state index in [-0.39, 0.29) is 42.3 Å². The van der Waals surface area contributed by atoms with Gasteiger partial charge in [0.05, 0.1) is 22.5 Å². The number of piperidine rings is 2. The van der Waals surface area contributed by atoms with E-state index in [0.29, 0.717) is 53.8 Å². The van der Waals surface area contributed by atoms with E-state index in [1.807, 2.05) is 48.2 Å². The molecule has 1 aromatic heterocycles. The maximum Gasteiger partial charge on any atom is 0.322 e. The summed E-state index contributed by atoms with van der Waals surface area (Å²) >= 11 is 6.31. The number of fused-ring (bicyclic) bond motifs is 1. The molecule has 2 N–H and O–H groups in total. The van der Waals surface area contributed by atoms with E-state index in [4.69, 9.17) is 16.6 Å². The molecule has 5 aliphatic heterocycles. The summed E-state index contributed by atoms with van der Waals surface area (Å²) < 4.78 is 0. The van der Waals surface area contributed by atoms with Crippen LogP contribution in [0.2, 0.25) is 5.02 Å². The summed E-state index contributed by atoms with van der Waals surface area (Å²) in [4.78, 5) is 68.3. The standard InChI is InChI=1S/C42H49ClN10O4/c1-27-24-52(28(2)23-51(27)34-5-3-30(21-44)36(43)20-34)42(57)46-32-4-9-38(45-22-32)50-13-11-29(12-14-50)25-48-15-17-49(18-16-48)33-6-7-35-31(19-33)26-53(41(35)56)37-8-10-39(54)47-40(37)55/h3-7,9,19-20,22,27-29,37H,8,10-18,23-26H2,1-2H3,(H,46,57)(H,47,54,55)/t27-,28+,37-/m0/s1. The Morgan fingerprint density at radius 1 is 0.895 bits per heavy atom. The first-order valence-electron chi connectivity index (χ1n) is 20.0. The third-order valence-corrected chi connectivity index (χ3v) is 12.7. The zero-order valence-corrected chi connectivity index (χ0v) is 33.2. The number of urea groups is 1. The van der Waals surface area contributed by atoms with Crippen LogP contribution in [0.4, 0.5) is 27.7 Å². The fourth-order valence-electron chi connectivity index (χ4n) is 9.04. The van der Waals surface area contributed by atoms with Gasteiger partial charge in [-0.3, -0.25) is 24.6 Å². The smallest absolute Gasteiger partial charge is 0.322 e. The Morgan fingerprint density at radius 2 is 1.67 bits per heavy atom. The molecule has 298 valence electrons. The number of amides is 5. The minimum Gasteiger partial charge on any atom is -0.369 e. The number of benzene rings is 2. The van der Waals surface area contributed by atoms with Crippen LogP contribution in [0.5, 0.6) is 0 Å². The van der Waals surface area contributed by atoms with Crippen molar-refractivity contribution in [1.82, 2.24) is 25.0 Å². The predicted octanol–water partition coefficient (Wildman–Crippen LogP) is 4.54. The molecule has 0 bridgehead atoms. The summed E-state index contributed by atoms with van der Waals surface area (Å²) in [7, 11) is 0. The van der Waals surface area contributed by atoms with E-state index in [2.05, 4.69) is 49.3 Å². The van der Waals surface area contributed by atoms with Crippen LogP contribution in [-0.2, 0) is 16.1 Å². The first-order chi connectivity index (χ1) is 27.5. The molecule has 2 aromatic carbocycles. The zero-order valence-electron chi connectivity index (χ0n) is 32.5. The topological polar surface area (TPSA) is 148 Å². The maximum atomic E-state index is 13.4. The van der Waals surface area contributed by atoms with Crippen LogP contribution >= 0.6 is 11.6 Å². The highest BCUT2D eigenvalue weighted by Gasteiger charge is 2.39. The molecule has 0 radical (unpaired) electrons. The molecule has 14 nitrogen and oxygen atoms in total. The average molecular weight is 793 g/mol. The number of nitrogens with one attached hydrogen (secondary N) is 2. The maximum absolute atomic E-state index is 13.4. The van der Waals surface area contributed by atoms with E-state index in [9.17, 15) is 24.4 Å². The molecule has 4 fully saturated rings. The molecule has 57 heavy (non-hydrogen) atoms. The largest absolute Gasteiger partial charge is 0.369 e. The number of pyridine rings is 1. The van der Waals surface area contributed by atoms with Crippen LogP contribution in [-0.4, -0.2) is 120 Å². The van der Waals surface area contributed by atoms with Crippen LogP contribution < -0.4 is 25.3 Å². The van der Waals surface area contributed by atoms with Gasteiger partial charge in [-0.1, -0.05) is 11.6 Å². The average Bonchev–Trinajstić information content (AvgIpc) is 3.54. The Kier molecular flexibility index (Phi) is 11.0. The molecule has 8 rings (SSSR count). The fraction of sp³-hybridized carbons (Fsp3) is 0.476. The van der Waals surface area contributed by atoms with E-state index in [1.54, 1.807) is 17.2 Å². The second-order valence-electron chi connectivity index (χ2n) is 16.1. The summed E-state index contributed by atoms with van der Waals surface area (Å²) in [5.41, 5.74) is 4.74. The van der Waals surface area contributed by atoms with E-state index < -0.39 is 6.04 Å². The summed E-state index contributed by atoms with van der Waals surface area (Å²) in [6, 6.07) is 16.8. The van der Waals surface area contributed by atoms with Crippen molar-refractivity contribution in [2.75, 3.05) is 78.9 Å². The van der Waals surface area contributed by atoms with Gasteiger partial charge >= 0.3 is 6.03 Å². The number of nitriles is 1. The van der Waals surface area contributed by atoms with Crippen LogP contribution in [0.25, 0.3) is 0 Å². The van der Waals surface area contributed by atoms with Crippen molar-refractivity contribution in [2.45, 2.75) is 64.2 Å². The highest BCUT2D eigenvalue weighted by atomic mass is 35.5. The second-order valence-corrected chi connectivity index (χ2v) is 16.5. The van der Waals surface area contributed by atoms with Gasteiger partial charge in [-0.05, 0) is 93.1 Å². The number of nitrogens with zero attached hydrogens (tertiary/aromatic N) is 8. The lowest BCUT2D eigenvalue weighted by molar-refractivity contribution is -0.136. The van der Waals surface area contributed by atoms with Gasteiger partial charge in [0, 0.05) is 101 Å². The molecule has 0 saturated carbocycles. The molecule has 5 amide bonds. The van der Waals surface area contributed by atoms with E-state index in [1.165, 1.54) is 0 Å². The Hall–Kier alpha value is -5.39. The lowest BCUT2D eigenvalue weighted by Crippen LogP contribution is -2.59. The number of hydrogen-bond acceptors (Lipinski definition) is 10. The Morgan fingerprint density at radius 3 is 2.37 bits per heavy atom. The molecule has 15 heteroatoms. The predicted molar refractivity (Wildman–Crippen MR) is 218 cm³/mol. The summed E-state index contributed by atoms with van der Waals surface area (Å²) in [5, 5.41) is 15.1. The molecule has 3 aromatic rings. The van der Waals surface area contributed by atoms with Crippen molar-refractivity contribution in [2.24, 2.45) is 5.92 Å². The number of piperazine rings is 2. The normalized spacial score (nSPS) is 23.4. The summed E-state index contributed by atoms with van der Waals surface area (Å²) in [6.45, 7) is 12.5. The van der Waals surface area contributed by atoms with Gasteiger partial charge in [0.1, 0.15) is 17.9 Å². The molecule has 0 spiro atoms. The van der Waals surface area contributed by atoms with Crippen molar-refractivity contribution >= 4 is 58.2 Å². The summed E-state index contributed by atoms with van der Waals surface area (Å²) in [6.07, 6.45) is 4.55. The number of halogens is 1. The van der Waals surface area contributed by atoms with Crippen LogP contribution in [0.15, 0.2) is 54.7 Å². The molecule has 5 aliphatic rings. The van der Waals surface area contributed by atoms with Crippen LogP contribution in [0, 0.1) is 17.2 Å². The highest BCUT2D eigenvalue weighted by molar-refractivity contribution is 6.32. The van der Waals surface area contributed by atoms with Crippen LogP contribution in [0.1, 0.15) is 61.0 Å². The van der Waals surface area contributed by atoms with Gasteiger partial charge in [-0.25, -0.2) is 9.78 Å². The number of rotatable bonds is 7. The minimum atomic E-state index is -0.602. The third kappa shape index (κ3) is 8.09. The fourth-order valence-corrected chi connectivity index (χ4v) is 9.26. The summed E-state index contributed by atoms with van der Waals surface area (Å²) in [5.74, 6) is 0.738. The first-order valence-corrected chi connectivity index (χ1v) is 20.4. The molecule has 0 aliphatic carbocycles. The highest BCUT2D eigenvalue weighted by Crippen LogP contribution is 2.32. The van der Waals surface area contributed by atoms with Gasteiger partial charge in [-0.2, -0.15) is 5.26 Å². The number of imide groups is 1. The first kappa shape index (κ1) is 38.5. The molecule has 6 heterocycles. The number of carbonyl (C=O) groups excluding carboxylic acids is 4. The number of hydrogen-bond donors (Lipinski definition) is 2. The number of aromatic nitrogens is 1. The molecule has 0 unspecified atom stereocenters. The molecule has 4 saturated heterocycles. The Labute approximate surface area is 338 Å². The van der Waals surface area contributed by atoms with Gasteiger partial charge in [0.25, 0.3) is 5.91 Å². The van der Waals surface area contributed by atoms with Gasteiger partial charge in [0.15, 0.2) is 0 Å². The lowest BCUT2D eigenvalue weighted by atomic mass is 9.96.